The van der Waals surface area contributed by atoms with E-state index in [4.69, 9.17) is 22.7 Å². The molecule has 1 aliphatic rings. The molecule has 0 saturated heterocycles. The molecule has 1 aliphatic carbocycles. The van der Waals surface area contributed by atoms with Gasteiger partial charge in [-0.25, -0.2) is 0 Å². The molecule has 2 aromatic rings. The molecule has 3 rings (SSSR count). The van der Waals surface area contributed by atoms with Gasteiger partial charge in [-0.3, -0.25) is 14.9 Å². The number of nitrogens with two attached hydrogens (primary N) is 1. The van der Waals surface area contributed by atoms with Crippen LogP contribution in [0.2, 0.25) is 0 Å². The van der Waals surface area contributed by atoms with Crippen molar-refractivity contribution in [1.29, 1.82) is 0 Å². The topological polar surface area (TPSA) is 93.4 Å². The predicted octanol–water partition coefficient (Wildman–Crippen LogP) is 3.25. The molecule has 0 fully saturated rings. The smallest absolute Gasteiger partial charge is 0.257 e. The molecular weight excluding hydrogens is 382 g/mol. The van der Waals surface area contributed by atoms with Gasteiger partial charge in [0, 0.05) is 10.4 Å². The van der Waals surface area contributed by atoms with E-state index in [1.54, 1.807) is 24.3 Å². The Morgan fingerprint density at radius 2 is 2.00 bits per heavy atom. The molecule has 6 nitrogen and oxygen atoms in total. The van der Waals surface area contributed by atoms with Crippen LogP contribution < -0.4 is 21.1 Å². The number of thiocarbonyl (C=S) groups is 1. The lowest BCUT2D eigenvalue weighted by molar-refractivity contribution is 0.0975. The molecule has 0 radical (unpaired) electrons. The van der Waals surface area contributed by atoms with Gasteiger partial charge >= 0.3 is 0 Å². The van der Waals surface area contributed by atoms with Crippen LogP contribution in [-0.2, 0) is 12.8 Å². The number of hydrogen-bond acceptors (Lipinski definition) is 5. The van der Waals surface area contributed by atoms with Crippen molar-refractivity contribution in [3.63, 3.8) is 0 Å². The van der Waals surface area contributed by atoms with Gasteiger partial charge in [-0.2, -0.15) is 0 Å². The van der Waals surface area contributed by atoms with E-state index in [1.165, 1.54) is 11.3 Å². The largest absolute Gasteiger partial charge is 0.494 e. The van der Waals surface area contributed by atoms with E-state index in [0.717, 1.165) is 36.1 Å². The lowest BCUT2D eigenvalue weighted by Gasteiger charge is -2.10. The highest BCUT2D eigenvalue weighted by atomic mass is 32.1. The zero-order chi connectivity index (χ0) is 19.4. The Morgan fingerprint density at radius 1 is 1.26 bits per heavy atom. The summed E-state index contributed by atoms with van der Waals surface area (Å²) in [6, 6.07) is 6.85. The minimum absolute atomic E-state index is 0.133. The Kier molecular flexibility index (Phi) is 6.08. The van der Waals surface area contributed by atoms with Crippen molar-refractivity contribution in [1.82, 2.24) is 5.32 Å². The highest BCUT2D eigenvalue weighted by Crippen LogP contribution is 2.38. The zero-order valence-electron chi connectivity index (χ0n) is 15.0. The maximum atomic E-state index is 12.4. The van der Waals surface area contributed by atoms with E-state index in [9.17, 15) is 9.59 Å². The minimum Gasteiger partial charge on any atom is -0.494 e. The standard InChI is InChI=1S/C19H21N3O3S2/c1-2-10-25-12-8-6-11(7-9-12)17(24)21-19(26)22-18-15(16(20)23)13-4-3-5-14(13)27-18/h6-9H,2-5,10H2,1H3,(H2,20,23)(H2,21,22,24,26). The number of fused-ring (bicyclic) bond motifs is 1. The number of aryl methyl sites for hydroxylation is 1. The average Bonchev–Trinajstić information content (AvgIpc) is 3.20. The monoisotopic (exact) mass is 403 g/mol. The van der Waals surface area contributed by atoms with E-state index in [-0.39, 0.29) is 11.0 Å². The maximum absolute atomic E-state index is 12.4. The van der Waals surface area contributed by atoms with Crippen molar-refractivity contribution >= 4 is 45.5 Å². The quantitative estimate of drug-likeness (QED) is 0.644. The first kappa shape index (κ1) is 19.3. The summed E-state index contributed by atoms with van der Waals surface area (Å²) in [6.45, 7) is 2.66. The van der Waals surface area contributed by atoms with Crippen LogP contribution in [0, 0.1) is 0 Å². The fourth-order valence-corrected chi connectivity index (χ4v) is 4.54. The van der Waals surface area contributed by atoms with Crippen LogP contribution in [0.25, 0.3) is 0 Å². The highest BCUT2D eigenvalue weighted by Gasteiger charge is 2.25. The second kappa shape index (κ2) is 8.49. The second-order valence-electron chi connectivity index (χ2n) is 6.21. The van der Waals surface area contributed by atoms with Gasteiger partial charge in [0.25, 0.3) is 11.8 Å². The summed E-state index contributed by atoms with van der Waals surface area (Å²) < 4.78 is 5.50. The molecule has 4 N–H and O–H groups in total. The third-order valence-electron chi connectivity index (χ3n) is 4.21. The van der Waals surface area contributed by atoms with Crippen molar-refractivity contribution in [3.05, 3.63) is 45.8 Å². The van der Waals surface area contributed by atoms with Gasteiger partial charge in [-0.05, 0) is 67.7 Å². The number of hydrogen-bond donors (Lipinski definition) is 3. The molecule has 8 heteroatoms. The van der Waals surface area contributed by atoms with Crippen LogP contribution in [0.4, 0.5) is 5.00 Å². The van der Waals surface area contributed by atoms with Gasteiger partial charge in [-0.1, -0.05) is 6.92 Å². The molecule has 0 bridgehead atoms. The van der Waals surface area contributed by atoms with E-state index >= 15 is 0 Å². The number of rotatable bonds is 6. The highest BCUT2D eigenvalue weighted by molar-refractivity contribution is 7.80. The minimum atomic E-state index is -0.478. The Hall–Kier alpha value is -2.45. The Morgan fingerprint density at radius 3 is 2.67 bits per heavy atom. The van der Waals surface area contributed by atoms with Crippen LogP contribution in [0.15, 0.2) is 24.3 Å². The van der Waals surface area contributed by atoms with E-state index in [1.807, 2.05) is 6.92 Å². The molecule has 0 saturated carbocycles. The first-order chi connectivity index (χ1) is 13.0. The van der Waals surface area contributed by atoms with Gasteiger partial charge in [-0.15, -0.1) is 11.3 Å². The summed E-state index contributed by atoms with van der Waals surface area (Å²) in [5.41, 5.74) is 7.49. The van der Waals surface area contributed by atoms with Crippen LogP contribution in [0.1, 0.15) is 50.9 Å². The van der Waals surface area contributed by atoms with Gasteiger partial charge in [0.15, 0.2) is 5.11 Å². The van der Waals surface area contributed by atoms with E-state index in [2.05, 4.69) is 10.6 Å². The maximum Gasteiger partial charge on any atom is 0.257 e. The first-order valence-corrected chi connectivity index (χ1v) is 10.0. The molecule has 1 aromatic heterocycles. The molecule has 0 unspecified atom stereocenters. The zero-order valence-corrected chi connectivity index (χ0v) is 16.6. The van der Waals surface area contributed by atoms with Crippen molar-refractivity contribution in [2.45, 2.75) is 32.6 Å². The number of nitrogens with one attached hydrogen (secondary N) is 2. The van der Waals surface area contributed by atoms with E-state index < -0.39 is 5.91 Å². The molecular formula is C19H21N3O3S2. The normalized spacial score (nSPS) is 12.3. The second-order valence-corrected chi connectivity index (χ2v) is 7.72. The van der Waals surface area contributed by atoms with Crippen LogP contribution in [0.3, 0.4) is 0 Å². The number of carbonyl (C=O) groups excluding carboxylic acids is 2. The predicted molar refractivity (Wildman–Crippen MR) is 111 cm³/mol. The van der Waals surface area contributed by atoms with Crippen molar-refractivity contribution in [2.75, 3.05) is 11.9 Å². The Bertz CT molecular complexity index is 875. The summed E-state index contributed by atoms with van der Waals surface area (Å²) in [5, 5.41) is 6.32. The molecule has 0 atom stereocenters. The van der Waals surface area contributed by atoms with Gasteiger partial charge in [0.1, 0.15) is 10.8 Å². The van der Waals surface area contributed by atoms with Gasteiger partial charge in [0.05, 0.1) is 12.2 Å². The number of ether oxygens (including phenoxy) is 1. The average molecular weight is 404 g/mol. The third kappa shape index (κ3) is 4.45. The fourth-order valence-electron chi connectivity index (χ4n) is 2.99. The van der Waals surface area contributed by atoms with Crippen LogP contribution in [0.5, 0.6) is 5.75 Å². The fraction of sp³-hybridized carbons (Fsp3) is 0.316. The van der Waals surface area contributed by atoms with E-state index in [0.29, 0.717) is 28.5 Å². The number of benzene rings is 1. The number of amides is 2. The summed E-state index contributed by atoms with van der Waals surface area (Å²) >= 11 is 6.71. The first-order valence-electron chi connectivity index (χ1n) is 8.79. The molecule has 1 aromatic carbocycles. The molecule has 27 heavy (non-hydrogen) atoms. The van der Waals surface area contributed by atoms with Crippen LogP contribution in [-0.4, -0.2) is 23.5 Å². The Balaban J connectivity index is 1.64. The molecule has 2 amide bonds. The van der Waals surface area contributed by atoms with Gasteiger partial charge in [0.2, 0.25) is 0 Å². The number of thiophene rings is 1. The van der Waals surface area contributed by atoms with Crippen molar-refractivity contribution < 1.29 is 14.3 Å². The van der Waals surface area contributed by atoms with Crippen molar-refractivity contribution in [3.8, 4) is 5.75 Å². The number of anilines is 1. The van der Waals surface area contributed by atoms with Gasteiger partial charge < -0.3 is 15.8 Å². The van der Waals surface area contributed by atoms with Crippen LogP contribution >= 0.6 is 23.6 Å². The lowest BCUT2D eigenvalue weighted by Crippen LogP contribution is -2.34. The molecule has 1 heterocycles. The number of primary amides is 1. The third-order valence-corrected chi connectivity index (χ3v) is 5.62. The summed E-state index contributed by atoms with van der Waals surface area (Å²) in [7, 11) is 0. The summed E-state index contributed by atoms with van der Waals surface area (Å²) in [4.78, 5) is 25.3. The lowest BCUT2D eigenvalue weighted by atomic mass is 10.1. The molecule has 0 spiro atoms. The van der Waals surface area contributed by atoms with Crippen molar-refractivity contribution in [2.24, 2.45) is 5.73 Å². The summed E-state index contributed by atoms with van der Waals surface area (Å²) in [5.74, 6) is -0.0961. The SMILES string of the molecule is CCCOc1ccc(C(=O)NC(=S)Nc2sc3c(c2C(N)=O)CCC3)cc1. The molecule has 0 aliphatic heterocycles. The number of carbonyl (C=O) groups is 2. The Labute approximate surface area is 167 Å². The summed E-state index contributed by atoms with van der Waals surface area (Å²) in [6.07, 6.45) is 3.73. The molecule has 142 valence electrons.